The van der Waals surface area contributed by atoms with E-state index < -0.39 is 11.6 Å². The summed E-state index contributed by atoms with van der Waals surface area (Å²) in [6.45, 7) is 1.68. The molecule has 0 bridgehead atoms. The highest BCUT2D eigenvalue weighted by atomic mass is 35.5. The highest BCUT2D eigenvalue weighted by molar-refractivity contribution is 6.30. The molecule has 64 valence electrons. The maximum Gasteiger partial charge on any atom is 0.151 e. The van der Waals surface area contributed by atoms with Crippen molar-refractivity contribution in [3.63, 3.8) is 0 Å². The summed E-state index contributed by atoms with van der Waals surface area (Å²) in [7, 11) is 0. The summed E-state index contributed by atoms with van der Waals surface area (Å²) in [4.78, 5) is 0. The molecule has 0 aliphatic carbocycles. The van der Waals surface area contributed by atoms with Gasteiger partial charge in [-0.15, -0.1) is 0 Å². The molecule has 0 heterocycles. The van der Waals surface area contributed by atoms with Crippen LogP contribution in [-0.4, -0.2) is 0 Å². The van der Waals surface area contributed by atoms with Crippen LogP contribution in [0.15, 0.2) is 18.2 Å². The highest BCUT2D eigenvalue weighted by Gasteiger charge is 2.08. The van der Waals surface area contributed by atoms with E-state index in [0.29, 0.717) is 0 Å². The van der Waals surface area contributed by atoms with Gasteiger partial charge in [-0.2, -0.15) is 0 Å². The number of halogens is 3. The van der Waals surface area contributed by atoms with Crippen LogP contribution in [0.5, 0.6) is 0 Å². The molecule has 0 saturated heterocycles. The normalized spacial score (nSPS) is 11.0. The lowest BCUT2D eigenvalue weighted by Crippen LogP contribution is -1.88. The molecule has 0 unspecified atom stereocenters. The lowest BCUT2D eigenvalue weighted by molar-refractivity contribution is 0.579. The zero-order valence-electron chi connectivity index (χ0n) is 6.44. The minimum Gasteiger partial charge on any atom is -0.206 e. The van der Waals surface area contributed by atoms with Crippen LogP contribution in [0.2, 0.25) is 5.02 Å². The Morgan fingerprint density at radius 1 is 1.33 bits per heavy atom. The summed E-state index contributed by atoms with van der Waals surface area (Å²) in [5.74, 6) is -1.32. The molecule has 0 nitrogen and oxygen atoms in total. The Kier molecular flexibility index (Phi) is 2.82. The first kappa shape index (κ1) is 9.20. The van der Waals surface area contributed by atoms with Crippen LogP contribution in [-0.2, 0) is 0 Å². The van der Waals surface area contributed by atoms with Gasteiger partial charge in [-0.1, -0.05) is 23.8 Å². The largest absolute Gasteiger partial charge is 0.206 e. The molecule has 0 N–H and O–H groups in total. The Morgan fingerprint density at radius 3 is 2.58 bits per heavy atom. The fourth-order valence-electron chi connectivity index (χ4n) is 0.862. The van der Waals surface area contributed by atoms with Gasteiger partial charge < -0.3 is 0 Å². The van der Waals surface area contributed by atoms with Gasteiger partial charge >= 0.3 is 0 Å². The van der Waals surface area contributed by atoms with Gasteiger partial charge in [-0.3, -0.25) is 0 Å². The predicted molar refractivity (Wildman–Crippen MR) is 46.1 cm³/mol. The van der Waals surface area contributed by atoms with Gasteiger partial charge in [-0.25, -0.2) is 8.78 Å². The molecule has 0 saturated carbocycles. The first-order valence-corrected chi connectivity index (χ1v) is 3.80. The molecule has 0 aliphatic heterocycles. The molecule has 1 aromatic rings. The average molecular weight is 189 g/mol. The minimum absolute atomic E-state index is 0.0653. The maximum absolute atomic E-state index is 13.0. The van der Waals surface area contributed by atoms with Crippen LogP contribution in [0.4, 0.5) is 8.78 Å². The standard InChI is InChI=1S/C9H7ClF2/c1-2-3-6-8(11)5-4-7(10)9(6)12/h2-5H,1H3. The van der Waals surface area contributed by atoms with Crippen molar-refractivity contribution >= 4 is 17.7 Å². The smallest absolute Gasteiger partial charge is 0.151 e. The van der Waals surface area contributed by atoms with Crippen LogP contribution < -0.4 is 0 Å². The predicted octanol–water partition coefficient (Wildman–Crippen LogP) is 3.65. The molecule has 1 aromatic carbocycles. The van der Waals surface area contributed by atoms with Gasteiger partial charge in [0.25, 0.3) is 0 Å². The second-order valence-electron chi connectivity index (χ2n) is 2.26. The molecule has 1 rings (SSSR count). The van der Waals surface area contributed by atoms with Crippen molar-refractivity contribution in [3.05, 3.63) is 40.4 Å². The molecular formula is C9H7ClF2. The van der Waals surface area contributed by atoms with Crippen molar-refractivity contribution in [3.8, 4) is 0 Å². The van der Waals surface area contributed by atoms with E-state index in [-0.39, 0.29) is 10.6 Å². The second-order valence-corrected chi connectivity index (χ2v) is 2.66. The van der Waals surface area contributed by atoms with Gasteiger partial charge in [-0.05, 0) is 19.1 Å². The molecule has 0 fully saturated rings. The molecule has 3 heteroatoms. The van der Waals surface area contributed by atoms with E-state index >= 15 is 0 Å². The molecular weight excluding hydrogens is 182 g/mol. The van der Waals surface area contributed by atoms with E-state index in [1.54, 1.807) is 13.0 Å². The zero-order chi connectivity index (χ0) is 9.14. The van der Waals surface area contributed by atoms with Crippen molar-refractivity contribution in [2.75, 3.05) is 0 Å². The molecule has 0 spiro atoms. The molecule has 0 aromatic heterocycles. The number of rotatable bonds is 1. The first-order chi connectivity index (χ1) is 5.66. The summed E-state index contributed by atoms with van der Waals surface area (Å²) in [6.07, 6.45) is 2.90. The molecule has 0 radical (unpaired) electrons. The third kappa shape index (κ3) is 1.64. The third-order valence-electron chi connectivity index (χ3n) is 1.41. The maximum atomic E-state index is 13.0. The summed E-state index contributed by atoms with van der Waals surface area (Å²) in [5.41, 5.74) is -0.0926. The molecule has 0 aliphatic rings. The lowest BCUT2D eigenvalue weighted by atomic mass is 10.2. The fourth-order valence-corrected chi connectivity index (χ4v) is 1.03. The molecule has 0 amide bonds. The lowest BCUT2D eigenvalue weighted by Gasteiger charge is -1.99. The topological polar surface area (TPSA) is 0 Å². The summed E-state index contributed by atoms with van der Waals surface area (Å²) >= 11 is 5.45. The van der Waals surface area contributed by atoms with Crippen molar-refractivity contribution in [2.24, 2.45) is 0 Å². The van der Waals surface area contributed by atoms with Gasteiger partial charge in [0.15, 0.2) is 5.82 Å². The summed E-state index contributed by atoms with van der Waals surface area (Å²) in [5, 5.41) is -0.0653. The zero-order valence-corrected chi connectivity index (χ0v) is 7.20. The van der Waals surface area contributed by atoms with Crippen LogP contribution in [0.3, 0.4) is 0 Å². The number of allylic oxidation sites excluding steroid dienone is 1. The Morgan fingerprint density at radius 2 is 2.00 bits per heavy atom. The van der Waals surface area contributed by atoms with Crippen LogP contribution >= 0.6 is 11.6 Å². The van der Waals surface area contributed by atoms with Crippen LogP contribution in [0.1, 0.15) is 12.5 Å². The van der Waals surface area contributed by atoms with Crippen LogP contribution in [0.25, 0.3) is 6.08 Å². The fraction of sp³-hybridized carbons (Fsp3) is 0.111. The Balaban J connectivity index is 3.32. The summed E-state index contributed by atoms with van der Waals surface area (Å²) in [6, 6.07) is 2.33. The Hall–Kier alpha value is -0.890. The number of benzene rings is 1. The second kappa shape index (κ2) is 3.68. The third-order valence-corrected chi connectivity index (χ3v) is 1.70. The minimum atomic E-state index is -0.713. The van der Waals surface area contributed by atoms with Gasteiger partial charge in [0.1, 0.15) is 5.82 Å². The van der Waals surface area contributed by atoms with Gasteiger partial charge in [0, 0.05) is 5.56 Å². The van der Waals surface area contributed by atoms with E-state index in [2.05, 4.69) is 0 Å². The van der Waals surface area contributed by atoms with E-state index in [9.17, 15) is 8.78 Å². The van der Waals surface area contributed by atoms with Crippen molar-refractivity contribution in [1.29, 1.82) is 0 Å². The van der Waals surface area contributed by atoms with E-state index in [1.807, 2.05) is 0 Å². The Bertz CT molecular complexity index is 319. The first-order valence-electron chi connectivity index (χ1n) is 3.43. The van der Waals surface area contributed by atoms with Crippen molar-refractivity contribution in [2.45, 2.75) is 6.92 Å². The quantitative estimate of drug-likeness (QED) is 0.590. The molecule has 0 atom stereocenters. The number of hydrogen-bond donors (Lipinski definition) is 0. The van der Waals surface area contributed by atoms with Crippen molar-refractivity contribution in [1.82, 2.24) is 0 Å². The van der Waals surface area contributed by atoms with E-state index in [0.717, 1.165) is 6.07 Å². The summed E-state index contributed by atoms with van der Waals surface area (Å²) < 4.78 is 25.9. The van der Waals surface area contributed by atoms with Gasteiger partial charge in [0.2, 0.25) is 0 Å². The monoisotopic (exact) mass is 188 g/mol. The molecule has 12 heavy (non-hydrogen) atoms. The Labute approximate surface area is 74.5 Å². The number of hydrogen-bond acceptors (Lipinski definition) is 0. The van der Waals surface area contributed by atoms with E-state index in [4.69, 9.17) is 11.6 Å². The average Bonchev–Trinajstić information content (AvgIpc) is 2.06. The van der Waals surface area contributed by atoms with Crippen molar-refractivity contribution < 1.29 is 8.78 Å². The van der Waals surface area contributed by atoms with Crippen LogP contribution in [0, 0.1) is 11.6 Å². The highest BCUT2D eigenvalue weighted by Crippen LogP contribution is 2.21. The van der Waals surface area contributed by atoms with Gasteiger partial charge in [0.05, 0.1) is 5.02 Å². The van der Waals surface area contributed by atoms with E-state index in [1.165, 1.54) is 12.1 Å². The SMILES string of the molecule is CC=Cc1c(F)ccc(Cl)c1F.